The van der Waals surface area contributed by atoms with Gasteiger partial charge >= 0.3 is 11.9 Å². The summed E-state index contributed by atoms with van der Waals surface area (Å²) in [5, 5.41) is 20.0. The zero-order valence-corrected chi connectivity index (χ0v) is 32.5. The van der Waals surface area contributed by atoms with Crippen LogP contribution in [-0.2, 0) is 19.1 Å². The highest BCUT2D eigenvalue weighted by Gasteiger charge is 2.19. The summed E-state index contributed by atoms with van der Waals surface area (Å²) in [6.07, 6.45) is 27.4. The van der Waals surface area contributed by atoms with Gasteiger partial charge in [-0.3, -0.25) is 9.59 Å². The summed E-state index contributed by atoms with van der Waals surface area (Å²) in [4.78, 5) is 27.1. The van der Waals surface area contributed by atoms with Crippen molar-refractivity contribution in [2.45, 2.75) is 200 Å². The van der Waals surface area contributed by atoms with Gasteiger partial charge in [-0.25, -0.2) is 0 Å². The van der Waals surface area contributed by atoms with E-state index in [4.69, 9.17) is 9.47 Å². The van der Waals surface area contributed by atoms with E-state index in [9.17, 15) is 19.8 Å². The third-order valence-electron chi connectivity index (χ3n) is 9.32. The van der Waals surface area contributed by atoms with Crippen LogP contribution in [0.4, 0.5) is 0 Å². The minimum atomic E-state index is -0.428. The molecule has 0 saturated heterocycles. The number of unbranched alkanes of at least 4 members (excludes halogenated alkanes) is 17. The number of esters is 2. The first-order valence-electron chi connectivity index (χ1n) is 20.8. The Morgan fingerprint density at radius 3 is 1.76 bits per heavy atom. The molecule has 0 spiro atoms. The highest BCUT2D eigenvalue weighted by Crippen LogP contribution is 2.21. The molecule has 0 aliphatic rings. The number of hydrogen-bond donors (Lipinski definition) is 2. The Hall–Kier alpha value is -1.62. The summed E-state index contributed by atoms with van der Waals surface area (Å²) in [6, 6.07) is 0. The Bertz CT molecular complexity index is 794. The molecule has 49 heavy (non-hydrogen) atoms. The second kappa shape index (κ2) is 37.6. The standard InChI is InChI=1S/C42H79NO6/c1-4-7-10-13-15-16-18-22-32-41(46)48-36-27-19-24-33-43(34-25-26-35-44)38-40(45)31-23-28-37-49-42(47)39(29-20-12-9-6-3)30-21-17-14-11-8-5-2/h39-40,44-45H,4-17,19-21,23-38H2,1-3H3. The molecule has 0 saturated carbocycles. The molecule has 0 aromatic carbocycles. The predicted octanol–water partition coefficient (Wildman–Crippen LogP) is 9.94. The van der Waals surface area contributed by atoms with E-state index in [0.29, 0.717) is 26.2 Å². The van der Waals surface area contributed by atoms with Gasteiger partial charge in [0.15, 0.2) is 0 Å². The molecule has 0 aromatic rings. The van der Waals surface area contributed by atoms with Crippen LogP contribution in [0.3, 0.4) is 0 Å². The van der Waals surface area contributed by atoms with Crippen molar-refractivity contribution in [2.75, 3.05) is 39.5 Å². The van der Waals surface area contributed by atoms with Gasteiger partial charge < -0.3 is 24.6 Å². The van der Waals surface area contributed by atoms with Gasteiger partial charge in [-0.2, -0.15) is 0 Å². The molecule has 0 radical (unpaired) electrons. The molecule has 7 heteroatoms. The Kier molecular flexibility index (Phi) is 36.4. The van der Waals surface area contributed by atoms with Gasteiger partial charge in [0.2, 0.25) is 0 Å². The summed E-state index contributed by atoms with van der Waals surface area (Å²) >= 11 is 0. The number of aliphatic hydroxyl groups is 2. The molecule has 7 nitrogen and oxygen atoms in total. The average molecular weight is 694 g/mol. The van der Waals surface area contributed by atoms with Crippen LogP contribution in [0.15, 0.2) is 0 Å². The summed E-state index contributed by atoms with van der Waals surface area (Å²) in [6.45, 7) is 10.0. The van der Waals surface area contributed by atoms with Crippen LogP contribution in [-0.4, -0.2) is 72.6 Å². The SMILES string of the molecule is CCCCCCCC#CCC(=O)OCCCCCN(CCCCO)CC(O)CCCCOC(=O)C(CCCCCC)CCCCCCCC. The van der Waals surface area contributed by atoms with E-state index in [2.05, 4.69) is 37.5 Å². The highest BCUT2D eigenvalue weighted by atomic mass is 16.5. The van der Waals surface area contributed by atoms with Crippen molar-refractivity contribution in [2.24, 2.45) is 5.92 Å². The molecule has 0 aliphatic carbocycles. The average Bonchev–Trinajstić information content (AvgIpc) is 3.09. The maximum Gasteiger partial charge on any atom is 0.317 e. The lowest BCUT2D eigenvalue weighted by Gasteiger charge is -2.25. The van der Waals surface area contributed by atoms with Crippen LogP contribution in [0.2, 0.25) is 0 Å². The molecule has 0 aromatic heterocycles. The topological polar surface area (TPSA) is 96.3 Å². The summed E-state index contributed by atoms with van der Waals surface area (Å²) in [5.74, 6) is 5.80. The van der Waals surface area contributed by atoms with Crippen LogP contribution >= 0.6 is 0 Å². The fourth-order valence-corrected chi connectivity index (χ4v) is 6.16. The first-order chi connectivity index (χ1) is 24.0. The minimum Gasteiger partial charge on any atom is -0.465 e. The lowest BCUT2D eigenvalue weighted by molar-refractivity contribution is -0.149. The van der Waals surface area contributed by atoms with E-state index in [1.54, 1.807) is 0 Å². The Labute approximate surface area is 303 Å². The summed E-state index contributed by atoms with van der Waals surface area (Å²) in [5.41, 5.74) is 0. The fourth-order valence-electron chi connectivity index (χ4n) is 6.16. The Morgan fingerprint density at radius 2 is 1.10 bits per heavy atom. The monoisotopic (exact) mass is 694 g/mol. The lowest BCUT2D eigenvalue weighted by Crippen LogP contribution is -2.34. The molecule has 0 aliphatic heterocycles. The third kappa shape index (κ3) is 33.3. The fraction of sp³-hybridized carbons (Fsp3) is 0.905. The maximum absolute atomic E-state index is 12.9. The number of nitrogens with zero attached hydrogens (tertiary/aromatic N) is 1. The van der Waals surface area contributed by atoms with Crippen LogP contribution in [0.1, 0.15) is 194 Å². The molecule has 288 valence electrons. The number of carbonyl (C=O) groups excluding carboxylic acids is 2. The van der Waals surface area contributed by atoms with Crippen molar-refractivity contribution in [3.05, 3.63) is 0 Å². The largest absolute Gasteiger partial charge is 0.465 e. The van der Waals surface area contributed by atoms with Gasteiger partial charge in [-0.1, -0.05) is 117 Å². The zero-order valence-electron chi connectivity index (χ0n) is 32.5. The molecule has 2 unspecified atom stereocenters. The third-order valence-corrected chi connectivity index (χ3v) is 9.32. The summed E-state index contributed by atoms with van der Waals surface area (Å²) in [7, 11) is 0. The van der Waals surface area contributed by atoms with Gasteiger partial charge in [0.25, 0.3) is 0 Å². The van der Waals surface area contributed by atoms with Crippen molar-refractivity contribution in [1.82, 2.24) is 4.90 Å². The molecule has 0 fully saturated rings. The second-order valence-corrected chi connectivity index (χ2v) is 14.1. The molecule has 2 N–H and O–H groups in total. The van der Waals surface area contributed by atoms with Gasteiger partial charge in [-0.15, -0.1) is 5.92 Å². The number of ether oxygens (including phenoxy) is 2. The smallest absolute Gasteiger partial charge is 0.317 e. The minimum absolute atomic E-state index is 0.0207. The van der Waals surface area contributed by atoms with Crippen molar-refractivity contribution >= 4 is 11.9 Å². The maximum atomic E-state index is 12.9. The number of aliphatic hydroxyl groups excluding tert-OH is 2. The molecule has 0 rings (SSSR count). The molecule has 0 amide bonds. The molecular weight excluding hydrogens is 614 g/mol. The van der Waals surface area contributed by atoms with E-state index in [1.165, 1.54) is 77.0 Å². The normalized spacial score (nSPS) is 12.4. The van der Waals surface area contributed by atoms with Crippen molar-refractivity contribution in [3.63, 3.8) is 0 Å². The first kappa shape index (κ1) is 47.4. The van der Waals surface area contributed by atoms with Crippen LogP contribution < -0.4 is 0 Å². The highest BCUT2D eigenvalue weighted by molar-refractivity contribution is 5.72. The molecule has 0 bridgehead atoms. The van der Waals surface area contributed by atoms with Crippen molar-refractivity contribution < 1.29 is 29.3 Å². The van der Waals surface area contributed by atoms with Gasteiger partial charge in [0.05, 0.1) is 25.2 Å². The van der Waals surface area contributed by atoms with E-state index < -0.39 is 6.10 Å². The van der Waals surface area contributed by atoms with Crippen molar-refractivity contribution in [1.29, 1.82) is 0 Å². The Balaban J connectivity index is 4.29. The first-order valence-corrected chi connectivity index (χ1v) is 20.8. The van der Waals surface area contributed by atoms with Gasteiger partial charge in [0.1, 0.15) is 6.42 Å². The lowest BCUT2D eigenvalue weighted by atomic mass is 9.94. The van der Waals surface area contributed by atoms with Gasteiger partial charge in [0, 0.05) is 19.6 Å². The van der Waals surface area contributed by atoms with E-state index >= 15 is 0 Å². The second-order valence-electron chi connectivity index (χ2n) is 14.1. The van der Waals surface area contributed by atoms with Crippen LogP contribution in [0.25, 0.3) is 0 Å². The Morgan fingerprint density at radius 1 is 0.592 bits per heavy atom. The number of carbonyl (C=O) groups is 2. The number of hydrogen-bond acceptors (Lipinski definition) is 7. The van der Waals surface area contributed by atoms with Gasteiger partial charge in [-0.05, 0) is 83.7 Å². The molecule has 2 atom stereocenters. The summed E-state index contributed by atoms with van der Waals surface area (Å²) < 4.78 is 11.1. The van der Waals surface area contributed by atoms with E-state index in [-0.39, 0.29) is 30.9 Å². The van der Waals surface area contributed by atoms with E-state index in [0.717, 1.165) is 96.6 Å². The zero-order chi connectivity index (χ0) is 36.0. The number of rotatable bonds is 36. The predicted molar refractivity (Wildman–Crippen MR) is 204 cm³/mol. The van der Waals surface area contributed by atoms with Crippen LogP contribution in [0, 0.1) is 17.8 Å². The molecular formula is C42H79NO6. The quantitative estimate of drug-likeness (QED) is 0.0383. The molecule has 0 heterocycles. The van der Waals surface area contributed by atoms with Crippen molar-refractivity contribution in [3.8, 4) is 11.8 Å². The van der Waals surface area contributed by atoms with E-state index in [1.807, 2.05) is 0 Å². The van der Waals surface area contributed by atoms with Crippen LogP contribution in [0.5, 0.6) is 0 Å².